The first-order valence-corrected chi connectivity index (χ1v) is 14.4. The van der Waals surface area contributed by atoms with E-state index in [4.69, 9.17) is 21.3 Å². The van der Waals surface area contributed by atoms with Crippen molar-refractivity contribution >= 4 is 23.5 Å². The molecule has 41 heavy (non-hydrogen) atoms. The molecule has 4 atom stereocenters. The molecule has 2 saturated heterocycles. The second-order valence-corrected chi connectivity index (χ2v) is 12.0. The summed E-state index contributed by atoms with van der Waals surface area (Å²) in [4.78, 5) is 28.0. The van der Waals surface area contributed by atoms with E-state index in [2.05, 4.69) is 42.9 Å². The van der Waals surface area contributed by atoms with Gasteiger partial charge in [0.05, 0.1) is 17.3 Å². The number of halogens is 2. The van der Waals surface area contributed by atoms with Crippen molar-refractivity contribution in [1.82, 2.24) is 19.8 Å². The maximum absolute atomic E-state index is 14.6. The topological polar surface area (TPSA) is 70.6 Å². The van der Waals surface area contributed by atoms with Crippen LogP contribution in [0.4, 0.5) is 10.3 Å². The number of amides is 1. The minimum absolute atomic E-state index is 0. The summed E-state index contributed by atoms with van der Waals surface area (Å²) in [6.07, 6.45) is 4.43. The number of fused-ring (bicyclic) bond motifs is 1. The van der Waals surface area contributed by atoms with Crippen molar-refractivity contribution in [3.8, 4) is 0 Å². The number of carbonyl (C=O) groups excluding carboxylic acids is 1. The number of hydrogen-bond acceptors (Lipinski definition) is 6. The first kappa shape index (κ1) is 34.3. The third kappa shape index (κ3) is 7.30. The van der Waals surface area contributed by atoms with Gasteiger partial charge in [0.1, 0.15) is 5.82 Å². The van der Waals surface area contributed by atoms with Gasteiger partial charge in [0, 0.05) is 66.2 Å². The molecule has 0 aliphatic carbocycles. The summed E-state index contributed by atoms with van der Waals surface area (Å²) in [6, 6.07) is 5.19. The van der Waals surface area contributed by atoms with Crippen LogP contribution in [0, 0.1) is 24.6 Å². The fraction of sp³-hybridized carbons (Fsp3) is 0.567. The number of piperidine rings is 1. The molecule has 224 valence electrons. The molecule has 1 aromatic carbocycles. The predicted molar refractivity (Wildman–Crippen MR) is 151 cm³/mol. The molecule has 0 bridgehead atoms. The Labute approximate surface area is 270 Å². The van der Waals surface area contributed by atoms with E-state index in [1.165, 1.54) is 6.07 Å². The van der Waals surface area contributed by atoms with E-state index in [9.17, 15) is 9.18 Å². The molecule has 3 aliphatic rings. The van der Waals surface area contributed by atoms with Crippen molar-refractivity contribution in [2.45, 2.75) is 83.6 Å². The number of anilines is 1. The Morgan fingerprint density at radius 2 is 1.98 bits per heavy atom. The molecule has 1 aromatic heterocycles. The van der Waals surface area contributed by atoms with Crippen LogP contribution in [-0.4, -0.2) is 69.6 Å². The van der Waals surface area contributed by atoms with Crippen molar-refractivity contribution in [3.05, 3.63) is 64.9 Å². The van der Waals surface area contributed by atoms with Crippen molar-refractivity contribution in [1.29, 1.82) is 0 Å². The third-order valence-corrected chi connectivity index (χ3v) is 8.89. The van der Waals surface area contributed by atoms with Gasteiger partial charge in [0.15, 0.2) is 5.91 Å². The Bertz CT molecular complexity index is 1200. The Kier molecular flexibility index (Phi) is 12.1. The van der Waals surface area contributed by atoms with Crippen LogP contribution in [0.25, 0.3) is 0 Å². The van der Waals surface area contributed by atoms with E-state index in [-0.39, 0.29) is 75.7 Å². The number of ether oxygens (including phenoxy) is 1. The van der Waals surface area contributed by atoms with Gasteiger partial charge < -0.3 is 26.8 Å². The van der Waals surface area contributed by atoms with Gasteiger partial charge in [-0.05, 0) is 61.4 Å². The number of likely N-dealkylation sites (tertiary alicyclic amines) is 1. The Morgan fingerprint density at radius 1 is 1.27 bits per heavy atom. The summed E-state index contributed by atoms with van der Waals surface area (Å²) in [6.45, 7) is 15.4. The fourth-order valence-corrected chi connectivity index (χ4v) is 6.48. The SMILES string of the molecule is [CH2-]C1[C@@H](c2ccc(Cl)c(F)c2)[C@H](C(=O)N2Cc3nc(NC4CCOCC4)ncc3C[C@H]2C)[C-](C)CN1C(C)C.[Cr].[Cr]. The van der Waals surface area contributed by atoms with Crippen LogP contribution in [0.1, 0.15) is 63.3 Å². The fourth-order valence-electron chi connectivity index (χ4n) is 6.37. The molecule has 0 radical (unpaired) electrons. The van der Waals surface area contributed by atoms with Gasteiger partial charge in [0.25, 0.3) is 0 Å². The van der Waals surface area contributed by atoms with Crippen LogP contribution in [0.15, 0.2) is 24.4 Å². The van der Waals surface area contributed by atoms with Gasteiger partial charge in [-0.1, -0.05) is 37.4 Å². The molecular weight excluding hydrogens is 621 g/mol. The number of hydrogen-bond donors (Lipinski definition) is 1. The zero-order chi connectivity index (χ0) is 27.8. The van der Waals surface area contributed by atoms with E-state index in [0.29, 0.717) is 25.5 Å². The molecular formula is C30H39ClCr2FN5O2-2. The van der Waals surface area contributed by atoms with Gasteiger partial charge in [-0.2, -0.15) is 6.92 Å². The van der Waals surface area contributed by atoms with Crippen molar-refractivity contribution in [3.63, 3.8) is 0 Å². The van der Waals surface area contributed by atoms with E-state index in [0.717, 1.165) is 48.8 Å². The maximum atomic E-state index is 14.6. The van der Waals surface area contributed by atoms with Gasteiger partial charge in [-0.25, -0.2) is 14.4 Å². The standard InChI is InChI=1S/C30H39ClFN5O2.2Cr/c1-17(2)36-15-18(3)27(28(20(36)5)21-6-7-24(31)25(32)13-21)29(38)37-16-26-22(12-19(37)4)14-33-30(35-26)34-23-8-10-39-11-9-23;;/h6-7,13-14,17,19-20,23,27-28H,5,8-12,15-16H2,1-4H3,(H,33,34,35);;/q-2;;/t19-,20?,27-,28+;;/m1../s1. The number of aromatic nitrogens is 2. The predicted octanol–water partition coefficient (Wildman–Crippen LogP) is 5.05. The number of nitrogens with one attached hydrogen (secondary N) is 1. The summed E-state index contributed by atoms with van der Waals surface area (Å²) < 4.78 is 20.1. The number of benzene rings is 1. The monoisotopic (exact) mass is 659 g/mol. The van der Waals surface area contributed by atoms with E-state index >= 15 is 0 Å². The van der Waals surface area contributed by atoms with Crippen LogP contribution in [0.2, 0.25) is 5.02 Å². The van der Waals surface area contributed by atoms with E-state index in [1.807, 2.05) is 24.1 Å². The average molecular weight is 660 g/mol. The Morgan fingerprint density at radius 3 is 2.63 bits per heavy atom. The quantitative estimate of drug-likeness (QED) is 0.454. The number of rotatable bonds is 5. The largest absolute Gasteiger partial charge is 0.381 e. The van der Waals surface area contributed by atoms with Crippen molar-refractivity contribution < 1.29 is 48.6 Å². The summed E-state index contributed by atoms with van der Waals surface area (Å²) in [5.41, 5.74) is 2.70. The molecule has 0 spiro atoms. The number of nitrogens with zero attached hydrogens (tertiary/aromatic N) is 4. The number of carbonyl (C=O) groups is 1. The third-order valence-electron chi connectivity index (χ3n) is 8.58. The molecule has 1 N–H and O–H groups in total. The van der Waals surface area contributed by atoms with Crippen LogP contribution in [-0.2, 0) is 57.2 Å². The van der Waals surface area contributed by atoms with Gasteiger partial charge in [0.2, 0.25) is 5.95 Å². The van der Waals surface area contributed by atoms with Crippen LogP contribution < -0.4 is 5.32 Å². The molecule has 11 heteroatoms. The molecule has 0 saturated carbocycles. The summed E-state index contributed by atoms with van der Waals surface area (Å²) in [5.74, 6) is 0.507. The van der Waals surface area contributed by atoms with Crippen molar-refractivity contribution in [2.75, 3.05) is 25.1 Å². The Hall–Kier alpha value is -1.23. The van der Waals surface area contributed by atoms with Gasteiger partial charge in [-0.15, -0.1) is 12.6 Å². The average Bonchev–Trinajstić information content (AvgIpc) is 2.91. The molecule has 4 heterocycles. The molecule has 1 unspecified atom stereocenters. The minimum Gasteiger partial charge on any atom is -0.381 e. The zero-order valence-electron chi connectivity index (χ0n) is 24.1. The summed E-state index contributed by atoms with van der Waals surface area (Å²) in [7, 11) is 0. The smallest absolute Gasteiger partial charge is 0.223 e. The second kappa shape index (κ2) is 14.5. The summed E-state index contributed by atoms with van der Waals surface area (Å²) >= 11 is 6.02. The normalized spacial score (nSPS) is 25.7. The zero-order valence-corrected chi connectivity index (χ0v) is 27.4. The Balaban J connectivity index is 0.00000231. The molecule has 2 fully saturated rings. The maximum Gasteiger partial charge on any atom is 0.223 e. The molecule has 1 amide bonds. The molecule has 7 nitrogen and oxygen atoms in total. The van der Waals surface area contributed by atoms with Gasteiger partial charge >= 0.3 is 0 Å². The molecule has 3 aliphatic heterocycles. The van der Waals surface area contributed by atoms with Gasteiger partial charge in [-0.3, -0.25) is 10.7 Å². The van der Waals surface area contributed by atoms with E-state index < -0.39 is 11.7 Å². The minimum atomic E-state index is -0.478. The first-order chi connectivity index (χ1) is 18.6. The first-order valence-electron chi connectivity index (χ1n) is 14.0. The molecule has 2 aromatic rings. The van der Waals surface area contributed by atoms with E-state index in [1.54, 1.807) is 6.07 Å². The molecule has 5 rings (SSSR count). The van der Waals surface area contributed by atoms with Crippen LogP contribution in [0.5, 0.6) is 0 Å². The van der Waals surface area contributed by atoms with Crippen LogP contribution in [0.3, 0.4) is 0 Å². The summed E-state index contributed by atoms with van der Waals surface area (Å²) in [5, 5.41) is 3.52. The van der Waals surface area contributed by atoms with Crippen molar-refractivity contribution in [2.24, 2.45) is 5.92 Å². The van der Waals surface area contributed by atoms with Crippen LogP contribution >= 0.6 is 11.6 Å². The second-order valence-electron chi connectivity index (χ2n) is 11.6.